The summed E-state index contributed by atoms with van der Waals surface area (Å²) in [5, 5.41) is 0. The van der Waals surface area contributed by atoms with Crippen LogP contribution in [-0.2, 0) is 15.8 Å². The Morgan fingerprint density at radius 3 is 2.14 bits per heavy atom. The summed E-state index contributed by atoms with van der Waals surface area (Å²) in [6.07, 6.45) is 6.56. The summed E-state index contributed by atoms with van der Waals surface area (Å²) >= 11 is 0. The van der Waals surface area contributed by atoms with Crippen molar-refractivity contribution in [1.82, 2.24) is 4.31 Å². The Labute approximate surface area is 126 Å². The van der Waals surface area contributed by atoms with E-state index in [1.165, 1.54) is 12.8 Å². The maximum absolute atomic E-state index is 12.8. The first-order valence-electron chi connectivity index (χ1n) is 7.88. The highest BCUT2D eigenvalue weighted by Crippen LogP contribution is 2.45. The summed E-state index contributed by atoms with van der Waals surface area (Å²) in [6, 6.07) is 9.99. The lowest BCUT2D eigenvalue weighted by atomic mass is 9.98. The normalized spacial score (nSPS) is 29.0. The third-order valence-electron chi connectivity index (χ3n) is 5.03. The topological polar surface area (TPSA) is 37.4 Å². The molecule has 3 aliphatic rings. The fourth-order valence-corrected chi connectivity index (χ4v) is 6.02. The third-order valence-corrected chi connectivity index (χ3v) is 6.97. The second-order valence-electron chi connectivity index (χ2n) is 6.57. The van der Waals surface area contributed by atoms with Gasteiger partial charge in [-0.3, -0.25) is 0 Å². The Bertz CT molecular complexity index is 656. The lowest BCUT2D eigenvalue weighted by Gasteiger charge is -2.35. The van der Waals surface area contributed by atoms with Crippen molar-refractivity contribution in [3.63, 3.8) is 0 Å². The van der Waals surface area contributed by atoms with Crippen LogP contribution in [0.2, 0.25) is 0 Å². The summed E-state index contributed by atoms with van der Waals surface area (Å²) in [7, 11) is -3.19. The highest BCUT2D eigenvalue weighted by Gasteiger charge is 2.45. The molecule has 2 bridgehead atoms. The van der Waals surface area contributed by atoms with E-state index < -0.39 is 10.0 Å². The van der Waals surface area contributed by atoms with Crippen LogP contribution in [0.5, 0.6) is 0 Å². The van der Waals surface area contributed by atoms with Crippen molar-refractivity contribution in [3.05, 3.63) is 47.0 Å². The zero-order valence-corrected chi connectivity index (χ0v) is 13.0. The number of benzene rings is 1. The highest BCUT2D eigenvalue weighted by atomic mass is 32.2. The predicted molar refractivity (Wildman–Crippen MR) is 83.2 cm³/mol. The quantitative estimate of drug-likeness (QED) is 0.804. The van der Waals surface area contributed by atoms with Crippen LogP contribution in [0, 0.1) is 0 Å². The minimum Gasteiger partial charge on any atom is -0.212 e. The van der Waals surface area contributed by atoms with Gasteiger partial charge >= 0.3 is 0 Å². The number of nitrogens with zero attached hydrogens (tertiary/aromatic N) is 1. The van der Waals surface area contributed by atoms with Gasteiger partial charge in [0, 0.05) is 12.1 Å². The van der Waals surface area contributed by atoms with Gasteiger partial charge in [0.05, 0.1) is 5.75 Å². The number of rotatable bonds is 3. The second kappa shape index (κ2) is 4.96. The molecule has 2 atom stereocenters. The van der Waals surface area contributed by atoms with Crippen molar-refractivity contribution < 1.29 is 8.42 Å². The fraction of sp³-hybridized carbons (Fsp3) is 0.529. The van der Waals surface area contributed by atoms with Gasteiger partial charge in [0.15, 0.2) is 0 Å². The molecule has 2 aliphatic heterocycles. The van der Waals surface area contributed by atoms with Gasteiger partial charge in [-0.1, -0.05) is 41.5 Å². The van der Waals surface area contributed by atoms with Crippen molar-refractivity contribution in [2.75, 3.05) is 0 Å². The summed E-state index contributed by atoms with van der Waals surface area (Å²) in [6.45, 7) is 0. The summed E-state index contributed by atoms with van der Waals surface area (Å²) < 4.78 is 27.5. The first-order chi connectivity index (χ1) is 10.1. The van der Waals surface area contributed by atoms with E-state index in [9.17, 15) is 8.42 Å². The molecule has 2 saturated heterocycles. The molecule has 4 heteroatoms. The molecule has 1 saturated carbocycles. The molecule has 0 radical (unpaired) electrons. The molecular weight excluding hydrogens is 282 g/mol. The monoisotopic (exact) mass is 303 g/mol. The Balaban J connectivity index is 1.57. The zero-order valence-electron chi connectivity index (χ0n) is 12.2. The maximum Gasteiger partial charge on any atom is 0.218 e. The average Bonchev–Trinajstić information content (AvgIpc) is 3.25. The zero-order chi connectivity index (χ0) is 14.4. The molecule has 3 nitrogen and oxygen atoms in total. The molecule has 0 spiro atoms. The van der Waals surface area contributed by atoms with Gasteiger partial charge in [-0.25, -0.2) is 8.42 Å². The van der Waals surface area contributed by atoms with Crippen LogP contribution < -0.4 is 0 Å². The molecule has 0 N–H and O–H groups in total. The van der Waals surface area contributed by atoms with Crippen molar-refractivity contribution in [1.29, 1.82) is 0 Å². The van der Waals surface area contributed by atoms with E-state index in [1.807, 2.05) is 34.6 Å². The number of fused-ring (bicyclic) bond motifs is 2. The van der Waals surface area contributed by atoms with E-state index in [0.717, 1.165) is 31.2 Å². The minimum atomic E-state index is -3.19. The maximum atomic E-state index is 12.8. The van der Waals surface area contributed by atoms with Crippen LogP contribution in [0.4, 0.5) is 0 Å². The molecule has 112 valence electrons. The minimum absolute atomic E-state index is 0.146. The van der Waals surface area contributed by atoms with Crippen LogP contribution in [0.15, 0.2) is 41.5 Å². The summed E-state index contributed by atoms with van der Waals surface area (Å²) in [5.41, 5.74) is 4.09. The lowest BCUT2D eigenvalue weighted by Crippen LogP contribution is -2.45. The Morgan fingerprint density at radius 1 is 0.952 bits per heavy atom. The van der Waals surface area contributed by atoms with E-state index in [-0.39, 0.29) is 17.8 Å². The van der Waals surface area contributed by atoms with Crippen molar-refractivity contribution in [2.45, 2.75) is 56.4 Å². The summed E-state index contributed by atoms with van der Waals surface area (Å²) in [5.74, 6) is 0.146. The predicted octanol–water partition coefficient (Wildman–Crippen LogP) is 3.23. The van der Waals surface area contributed by atoms with E-state index in [4.69, 9.17) is 0 Å². The molecule has 3 fully saturated rings. The van der Waals surface area contributed by atoms with Gasteiger partial charge in [-0.2, -0.15) is 4.31 Å². The second-order valence-corrected chi connectivity index (χ2v) is 8.45. The Kier molecular flexibility index (Phi) is 3.19. The highest BCUT2D eigenvalue weighted by molar-refractivity contribution is 7.88. The fourth-order valence-electron chi connectivity index (χ4n) is 3.99. The van der Waals surface area contributed by atoms with Crippen molar-refractivity contribution in [3.8, 4) is 0 Å². The van der Waals surface area contributed by atoms with Gasteiger partial charge in [-0.15, -0.1) is 0 Å². The number of sulfonamides is 1. The summed E-state index contributed by atoms with van der Waals surface area (Å²) in [4.78, 5) is 0. The smallest absolute Gasteiger partial charge is 0.212 e. The lowest BCUT2D eigenvalue weighted by molar-refractivity contribution is 0.284. The molecule has 1 aromatic rings. The van der Waals surface area contributed by atoms with Gasteiger partial charge in [0.25, 0.3) is 0 Å². The van der Waals surface area contributed by atoms with E-state index in [0.29, 0.717) is 0 Å². The number of hydrogen-bond acceptors (Lipinski definition) is 2. The Morgan fingerprint density at radius 2 is 1.57 bits per heavy atom. The van der Waals surface area contributed by atoms with Crippen molar-refractivity contribution >= 4 is 10.0 Å². The van der Waals surface area contributed by atoms with E-state index in [2.05, 4.69) is 0 Å². The molecule has 4 rings (SSSR count). The number of hydrogen-bond donors (Lipinski definition) is 0. The van der Waals surface area contributed by atoms with Gasteiger partial charge in [0.2, 0.25) is 10.0 Å². The number of allylic oxidation sites excluding steroid dienone is 1. The van der Waals surface area contributed by atoms with Crippen LogP contribution in [-0.4, -0.2) is 24.8 Å². The SMILES string of the molecule is O=S(=O)(Cc1ccccc1)N1C2CCC1CC(=C1CC1)C2. The molecular formula is C17H21NO2S. The molecule has 0 aromatic heterocycles. The van der Waals surface area contributed by atoms with Crippen LogP contribution in [0.25, 0.3) is 0 Å². The van der Waals surface area contributed by atoms with Crippen LogP contribution in [0.1, 0.15) is 44.1 Å². The van der Waals surface area contributed by atoms with E-state index in [1.54, 1.807) is 11.1 Å². The molecule has 1 aliphatic carbocycles. The largest absolute Gasteiger partial charge is 0.218 e. The molecule has 0 amide bonds. The van der Waals surface area contributed by atoms with Gasteiger partial charge in [-0.05, 0) is 44.1 Å². The van der Waals surface area contributed by atoms with Gasteiger partial charge in [0.1, 0.15) is 0 Å². The molecule has 2 heterocycles. The first-order valence-corrected chi connectivity index (χ1v) is 9.49. The van der Waals surface area contributed by atoms with Crippen LogP contribution in [0.3, 0.4) is 0 Å². The standard InChI is InChI=1S/C17H21NO2S/c19-21(20,12-13-4-2-1-3-5-13)18-16-8-9-17(18)11-15(10-16)14-6-7-14/h1-5,16-17H,6-12H2. The van der Waals surface area contributed by atoms with Gasteiger partial charge < -0.3 is 0 Å². The average molecular weight is 303 g/mol. The molecule has 21 heavy (non-hydrogen) atoms. The van der Waals surface area contributed by atoms with Crippen molar-refractivity contribution in [2.24, 2.45) is 0 Å². The van der Waals surface area contributed by atoms with E-state index >= 15 is 0 Å². The molecule has 2 unspecified atom stereocenters. The number of piperidine rings is 1. The third kappa shape index (κ3) is 2.55. The van der Waals surface area contributed by atoms with Crippen LogP contribution >= 0.6 is 0 Å². The first kappa shape index (κ1) is 13.5. The Hall–Kier alpha value is -1.13. The molecule has 1 aromatic carbocycles.